The van der Waals surface area contributed by atoms with E-state index in [0.29, 0.717) is 29.5 Å². The Morgan fingerprint density at radius 1 is 1.42 bits per heavy atom. The number of hydrogen-bond acceptors (Lipinski definition) is 5. The van der Waals surface area contributed by atoms with Crippen LogP contribution in [0.1, 0.15) is 34.7 Å². The van der Waals surface area contributed by atoms with E-state index in [1.807, 2.05) is 0 Å². The molecule has 1 N–H and O–H groups in total. The highest BCUT2D eigenvalue weighted by molar-refractivity contribution is 6.01. The van der Waals surface area contributed by atoms with Crippen molar-refractivity contribution in [2.45, 2.75) is 18.8 Å². The molecule has 2 amide bonds. The predicted molar refractivity (Wildman–Crippen MR) is 63.5 cm³/mol. The topological polar surface area (TPSA) is 93.4 Å². The van der Waals surface area contributed by atoms with Crippen LogP contribution in [0.2, 0.25) is 0 Å². The molecule has 2 aromatic rings. The lowest BCUT2D eigenvalue weighted by molar-refractivity contribution is -0.134. The normalized spacial score (nSPS) is 19.5. The number of hydrogen-bond donors (Lipinski definition) is 1. The molecule has 0 saturated carbocycles. The Bertz CT molecular complexity index is 691. The molecule has 1 saturated heterocycles. The van der Waals surface area contributed by atoms with Crippen molar-refractivity contribution in [2.75, 3.05) is 0 Å². The predicted octanol–water partition coefficient (Wildman–Crippen LogP) is 0.0620. The summed E-state index contributed by atoms with van der Waals surface area (Å²) in [6, 6.07) is 1.62. The SMILES string of the molecule is O=Cc1cc(C2CCC(=O)NC2=O)c2ncnn2c1. The van der Waals surface area contributed by atoms with Crippen molar-refractivity contribution in [1.82, 2.24) is 19.9 Å². The smallest absolute Gasteiger partial charge is 0.234 e. The fourth-order valence-electron chi connectivity index (χ4n) is 2.29. The van der Waals surface area contributed by atoms with Gasteiger partial charge in [-0.25, -0.2) is 9.50 Å². The lowest BCUT2D eigenvalue weighted by Gasteiger charge is -2.21. The van der Waals surface area contributed by atoms with E-state index in [9.17, 15) is 14.4 Å². The van der Waals surface area contributed by atoms with E-state index in [0.717, 1.165) is 0 Å². The minimum absolute atomic E-state index is 0.273. The van der Waals surface area contributed by atoms with Crippen LogP contribution in [0.5, 0.6) is 0 Å². The second kappa shape index (κ2) is 4.27. The summed E-state index contributed by atoms with van der Waals surface area (Å²) >= 11 is 0. The molecule has 7 nitrogen and oxygen atoms in total. The van der Waals surface area contributed by atoms with Gasteiger partial charge in [0, 0.05) is 23.7 Å². The van der Waals surface area contributed by atoms with Gasteiger partial charge < -0.3 is 0 Å². The molecule has 2 aromatic heterocycles. The van der Waals surface area contributed by atoms with Gasteiger partial charge in [-0.15, -0.1) is 0 Å². The lowest BCUT2D eigenvalue weighted by atomic mass is 9.90. The average molecular weight is 258 g/mol. The van der Waals surface area contributed by atoms with Crippen molar-refractivity contribution in [3.8, 4) is 0 Å². The number of carbonyl (C=O) groups excluding carboxylic acids is 3. The molecule has 96 valence electrons. The van der Waals surface area contributed by atoms with Gasteiger partial charge in [-0.2, -0.15) is 5.10 Å². The number of imide groups is 1. The zero-order valence-corrected chi connectivity index (χ0v) is 9.87. The highest BCUT2D eigenvalue weighted by Gasteiger charge is 2.30. The Morgan fingerprint density at radius 2 is 2.26 bits per heavy atom. The first-order valence-corrected chi connectivity index (χ1v) is 5.81. The number of aldehydes is 1. The maximum Gasteiger partial charge on any atom is 0.234 e. The Kier molecular flexibility index (Phi) is 2.59. The van der Waals surface area contributed by atoms with Gasteiger partial charge in [-0.1, -0.05) is 0 Å². The van der Waals surface area contributed by atoms with E-state index in [4.69, 9.17) is 0 Å². The summed E-state index contributed by atoms with van der Waals surface area (Å²) in [6.07, 6.45) is 4.29. The first-order chi connectivity index (χ1) is 9.19. The van der Waals surface area contributed by atoms with E-state index in [2.05, 4.69) is 15.4 Å². The van der Waals surface area contributed by atoms with Gasteiger partial charge >= 0.3 is 0 Å². The minimum Gasteiger partial charge on any atom is -0.298 e. The highest BCUT2D eigenvalue weighted by Crippen LogP contribution is 2.27. The number of piperidine rings is 1. The quantitative estimate of drug-likeness (QED) is 0.607. The molecule has 0 aliphatic carbocycles. The first-order valence-electron chi connectivity index (χ1n) is 5.81. The zero-order valence-electron chi connectivity index (χ0n) is 9.87. The molecule has 1 unspecified atom stereocenters. The molecule has 3 heterocycles. The molecule has 0 bridgehead atoms. The Hall–Kier alpha value is -2.57. The second-order valence-corrected chi connectivity index (χ2v) is 4.38. The summed E-state index contributed by atoms with van der Waals surface area (Å²) in [4.78, 5) is 38.1. The summed E-state index contributed by atoms with van der Waals surface area (Å²) in [5.74, 6) is -1.11. The number of amides is 2. The van der Waals surface area contributed by atoms with Crippen LogP contribution < -0.4 is 5.32 Å². The first kappa shape index (κ1) is 11.5. The van der Waals surface area contributed by atoms with Crippen LogP contribution in [0.25, 0.3) is 5.65 Å². The summed E-state index contributed by atoms with van der Waals surface area (Å²) in [6.45, 7) is 0. The second-order valence-electron chi connectivity index (χ2n) is 4.38. The van der Waals surface area contributed by atoms with Crippen LogP contribution in [-0.2, 0) is 9.59 Å². The van der Waals surface area contributed by atoms with Crippen LogP contribution in [0, 0.1) is 0 Å². The lowest BCUT2D eigenvalue weighted by Crippen LogP contribution is -2.39. The monoisotopic (exact) mass is 258 g/mol. The average Bonchev–Trinajstić information content (AvgIpc) is 2.86. The molecule has 1 aliphatic heterocycles. The van der Waals surface area contributed by atoms with E-state index in [-0.39, 0.29) is 18.2 Å². The van der Waals surface area contributed by atoms with Gasteiger partial charge in [0.05, 0.1) is 5.92 Å². The molecule has 19 heavy (non-hydrogen) atoms. The van der Waals surface area contributed by atoms with Crippen LogP contribution in [0.4, 0.5) is 0 Å². The van der Waals surface area contributed by atoms with E-state index in [1.54, 1.807) is 12.3 Å². The van der Waals surface area contributed by atoms with Crippen molar-refractivity contribution < 1.29 is 14.4 Å². The van der Waals surface area contributed by atoms with Crippen molar-refractivity contribution in [2.24, 2.45) is 0 Å². The maximum absolute atomic E-state index is 11.9. The number of rotatable bonds is 2. The van der Waals surface area contributed by atoms with Gasteiger partial charge in [0.1, 0.15) is 6.33 Å². The zero-order chi connectivity index (χ0) is 13.4. The van der Waals surface area contributed by atoms with Crippen molar-refractivity contribution >= 4 is 23.7 Å². The minimum atomic E-state index is -0.482. The third-order valence-corrected chi connectivity index (χ3v) is 3.18. The molecule has 0 spiro atoms. The molecule has 1 atom stereocenters. The number of nitrogens with zero attached hydrogens (tertiary/aromatic N) is 3. The number of fused-ring (bicyclic) bond motifs is 1. The molecule has 0 radical (unpaired) electrons. The molecule has 7 heteroatoms. The summed E-state index contributed by atoms with van der Waals surface area (Å²) < 4.78 is 1.46. The van der Waals surface area contributed by atoms with Crippen LogP contribution in [-0.4, -0.2) is 32.7 Å². The van der Waals surface area contributed by atoms with E-state index >= 15 is 0 Å². The Morgan fingerprint density at radius 3 is 3.00 bits per heavy atom. The molecular weight excluding hydrogens is 248 g/mol. The number of pyridine rings is 1. The van der Waals surface area contributed by atoms with Gasteiger partial charge in [0.25, 0.3) is 0 Å². The van der Waals surface area contributed by atoms with Crippen LogP contribution >= 0.6 is 0 Å². The van der Waals surface area contributed by atoms with Gasteiger partial charge in [-0.3, -0.25) is 19.7 Å². The van der Waals surface area contributed by atoms with E-state index < -0.39 is 5.92 Å². The van der Waals surface area contributed by atoms with Crippen LogP contribution in [0.15, 0.2) is 18.6 Å². The highest BCUT2D eigenvalue weighted by atomic mass is 16.2. The molecule has 1 aliphatic rings. The number of nitrogens with one attached hydrogen (secondary N) is 1. The Labute approximate surface area is 107 Å². The van der Waals surface area contributed by atoms with Gasteiger partial charge in [-0.05, 0) is 12.5 Å². The molecule has 1 fully saturated rings. The third-order valence-electron chi connectivity index (χ3n) is 3.18. The van der Waals surface area contributed by atoms with Crippen LogP contribution in [0.3, 0.4) is 0 Å². The van der Waals surface area contributed by atoms with Crippen molar-refractivity contribution in [3.05, 3.63) is 29.7 Å². The van der Waals surface area contributed by atoms with Gasteiger partial charge in [0.2, 0.25) is 11.8 Å². The summed E-state index contributed by atoms with van der Waals surface area (Å²) in [5.41, 5.74) is 1.56. The third kappa shape index (κ3) is 1.88. The van der Waals surface area contributed by atoms with Crippen molar-refractivity contribution in [1.29, 1.82) is 0 Å². The molecular formula is C12H10N4O3. The standard InChI is InChI=1S/C12H10N4O3/c17-5-7-3-9(11-13-6-14-16(11)4-7)8-1-2-10(18)15-12(8)19/h3-6,8H,1-2H2,(H,15,18,19). The number of carbonyl (C=O) groups is 3. The van der Waals surface area contributed by atoms with E-state index in [1.165, 1.54) is 10.8 Å². The molecule has 3 rings (SSSR count). The number of aromatic nitrogens is 3. The molecule has 0 aromatic carbocycles. The largest absolute Gasteiger partial charge is 0.298 e. The summed E-state index contributed by atoms with van der Waals surface area (Å²) in [7, 11) is 0. The van der Waals surface area contributed by atoms with Crippen molar-refractivity contribution in [3.63, 3.8) is 0 Å². The Balaban J connectivity index is 2.13. The fourth-order valence-corrected chi connectivity index (χ4v) is 2.29. The maximum atomic E-state index is 11.9. The fraction of sp³-hybridized carbons (Fsp3) is 0.250. The van der Waals surface area contributed by atoms with Gasteiger partial charge in [0.15, 0.2) is 11.9 Å². The summed E-state index contributed by atoms with van der Waals surface area (Å²) in [5, 5.41) is 6.27.